The highest BCUT2D eigenvalue weighted by atomic mass is 16.1. The van der Waals surface area contributed by atoms with Crippen LogP contribution in [0.4, 0.5) is 0 Å². The molecule has 3 nitrogen and oxygen atoms in total. The van der Waals surface area contributed by atoms with Gasteiger partial charge in [0, 0.05) is 6.42 Å². The van der Waals surface area contributed by atoms with E-state index in [0.29, 0.717) is 12.3 Å². The lowest BCUT2D eigenvalue weighted by Gasteiger charge is -2.18. The van der Waals surface area contributed by atoms with Crippen molar-refractivity contribution in [3.63, 3.8) is 0 Å². The molecule has 1 unspecified atom stereocenters. The number of ketones is 1. The van der Waals surface area contributed by atoms with Gasteiger partial charge in [-0.15, -0.1) is 0 Å². The van der Waals surface area contributed by atoms with E-state index >= 15 is 0 Å². The van der Waals surface area contributed by atoms with Crippen molar-refractivity contribution < 1.29 is 4.79 Å². The highest BCUT2D eigenvalue weighted by molar-refractivity contribution is 5.98. The number of hydrogen-bond donors (Lipinski definition) is 0. The zero-order valence-electron chi connectivity index (χ0n) is 9.76. The van der Waals surface area contributed by atoms with Crippen molar-refractivity contribution in [1.82, 2.24) is 9.78 Å². The zero-order chi connectivity index (χ0) is 11.8. The molecule has 1 aliphatic carbocycles. The fourth-order valence-electron chi connectivity index (χ4n) is 2.42. The summed E-state index contributed by atoms with van der Waals surface area (Å²) in [5, 5.41) is 4.35. The molecule has 3 rings (SSSR count). The van der Waals surface area contributed by atoms with E-state index in [1.54, 1.807) is 6.20 Å². The van der Waals surface area contributed by atoms with Crippen LogP contribution in [0.15, 0.2) is 36.5 Å². The first-order valence-electron chi connectivity index (χ1n) is 5.91. The third kappa shape index (κ3) is 1.68. The van der Waals surface area contributed by atoms with Gasteiger partial charge in [-0.2, -0.15) is 5.10 Å². The number of hydrogen-bond acceptors (Lipinski definition) is 2. The number of aromatic nitrogens is 2. The number of carbonyl (C=O) groups is 1. The summed E-state index contributed by atoms with van der Waals surface area (Å²) < 4.78 is 1.89. The molecule has 86 valence electrons. The molecule has 1 atom stereocenters. The van der Waals surface area contributed by atoms with Crippen molar-refractivity contribution >= 4 is 5.78 Å². The molecule has 0 aliphatic heterocycles. The average Bonchev–Trinajstić information content (AvgIpc) is 2.74. The van der Waals surface area contributed by atoms with Crippen LogP contribution in [-0.2, 0) is 6.42 Å². The summed E-state index contributed by atoms with van der Waals surface area (Å²) >= 11 is 0. The molecule has 0 saturated carbocycles. The normalized spacial score (nSPS) is 19.1. The second-order valence-electron chi connectivity index (χ2n) is 4.69. The monoisotopic (exact) mass is 226 g/mol. The molecule has 0 N–H and O–H groups in total. The van der Waals surface area contributed by atoms with Crippen molar-refractivity contribution in [3.05, 3.63) is 47.8 Å². The highest BCUT2D eigenvalue weighted by Crippen LogP contribution is 2.26. The fraction of sp³-hybridized carbons (Fsp3) is 0.286. The van der Waals surface area contributed by atoms with Crippen LogP contribution in [0.3, 0.4) is 0 Å². The Kier molecular flexibility index (Phi) is 2.32. The topological polar surface area (TPSA) is 34.9 Å². The summed E-state index contributed by atoms with van der Waals surface area (Å²) in [6, 6.07) is 9.97. The Balaban J connectivity index is 2.12. The van der Waals surface area contributed by atoms with Gasteiger partial charge in [0.2, 0.25) is 0 Å². The van der Waals surface area contributed by atoms with E-state index in [2.05, 4.69) is 12.0 Å². The number of benzene rings is 1. The SMILES string of the molecule is CC1CC(=O)c2cnn(-c3ccccc3)c2C1. The minimum Gasteiger partial charge on any atom is -0.294 e. The number of carbonyl (C=O) groups excluding carboxylic acids is 1. The Morgan fingerprint density at radius 3 is 2.76 bits per heavy atom. The number of rotatable bonds is 1. The van der Waals surface area contributed by atoms with Gasteiger partial charge in [-0.3, -0.25) is 4.79 Å². The van der Waals surface area contributed by atoms with Crippen LogP contribution in [0.1, 0.15) is 29.4 Å². The highest BCUT2D eigenvalue weighted by Gasteiger charge is 2.26. The molecule has 0 radical (unpaired) electrons. The van der Waals surface area contributed by atoms with Crippen LogP contribution >= 0.6 is 0 Å². The first kappa shape index (κ1) is 10.3. The molecule has 1 aliphatic rings. The lowest BCUT2D eigenvalue weighted by molar-refractivity contribution is 0.0953. The summed E-state index contributed by atoms with van der Waals surface area (Å²) in [5.41, 5.74) is 2.88. The lowest BCUT2D eigenvalue weighted by atomic mass is 9.88. The number of fused-ring (bicyclic) bond motifs is 1. The maximum atomic E-state index is 11.9. The summed E-state index contributed by atoms with van der Waals surface area (Å²) in [6.07, 6.45) is 3.28. The Labute approximate surface area is 100 Å². The van der Waals surface area contributed by atoms with E-state index in [0.717, 1.165) is 23.4 Å². The number of para-hydroxylation sites is 1. The van der Waals surface area contributed by atoms with Crippen molar-refractivity contribution in [2.24, 2.45) is 5.92 Å². The van der Waals surface area contributed by atoms with Gasteiger partial charge in [-0.25, -0.2) is 4.68 Å². The molecule has 1 aromatic heterocycles. The van der Waals surface area contributed by atoms with E-state index < -0.39 is 0 Å². The van der Waals surface area contributed by atoms with Gasteiger partial charge in [0.05, 0.1) is 23.1 Å². The largest absolute Gasteiger partial charge is 0.294 e. The quantitative estimate of drug-likeness (QED) is 0.749. The molecule has 3 heteroatoms. The first-order chi connectivity index (χ1) is 8.25. The third-order valence-electron chi connectivity index (χ3n) is 3.25. The Hall–Kier alpha value is -1.90. The van der Waals surface area contributed by atoms with Crippen molar-refractivity contribution in [2.45, 2.75) is 19.8 Å². The van der Waals surface area contributed by atoms with Crippen LogP contribution < -0.4 is 0 Å². The van der Waals surface area contributed by atoms with E-state index in [1.807, 2.05) is 35.0 Å². The molecule has 0 bridgehead atoms. The van der Waals surface area contributed by atoms with Crippen molar-refractivity contribution in [2.75, 3.05) is 0 Å². The van der Waals surface area contributed by atoms with Crippen LogP contribution in [-0.4, -0.2) is 15.6 Å². The standard InChI is InChI=1S/C14H14N2O/c1-10-7-13-12(14(17)8-10)9-15-16(13)11-5-3-2-4-6-11/h2-6,9-10H,7-8H2,1H3. The predicted octanol–water partition coefficient (Wildman–Crippen LogP) is 2.64. The molecular formula is C14H14N2O. The molecule has 17 heavy (non-hydrogen) atoms. The van der Waals surface area contributed by atoms with Gasteiger partial charge in [0.1, 0.15) is 0 Å². The Morgan fingerprint density at radius 1 is 1.24 bits per heavy atom. The molecule has 0 spiro atoms. The second kappa shape index (κ2) is 3.84. The molecule has 2 aromatic rings. The first-order valence-corrected chi connectivity index (χ1v) is 5.91. The number of Topliss-reactive ketones (excluding diaryl/α,β-unsaturated/α-hetero) is 1. The lowest BCUT2D eigenvalue weighted by Crippen LogP contribution is -2.19. The summed E-state index contributed by atoms with van der Waals surface area (Å²) in [6.45, 7) is 2.11. The van der Waals surface area contributed by atoms with Gasteiger partial charge in [-0.1, -0.05) is 25.1 Å². The Morgan fingerprint density at radius 2 is 2.00 bits per heavy atom. The van der Waals surface area contributed by atoms with Crippen molar-refractivity contribution in [3.8, 4) is 5.69 Å². The van der Waals surface area contributed by atoms with Gasteiger partial charge < -0.3 is 0 Å². The minimum atomic E-state index is 0.223. The molecular weight excluding hydrogens is 212 g/mol. The minimum absolute atomic E-state index is 0.223. The van der Waals surface area contributed by atoms with Crippen LogP contribution in [0.25, 0.3) is 5.69 Å². The average molecular weight is 226 g/mol. The predicted molar refractivity (Wildman–Crippen MR) is 65.4 cm³/mol. The maximum absolute atomic E-state index is 11.9. The van der Waals surface area contributed by atoms with Crippen LogP contribution in [0.5, 0.6) is 0 Å². The molecule has 1 heterocycles. The fourth-order valence-corrected chi connectivity index (χ4v) is 2.42. The third-order valence-corrected chi connectivity index (χ3v) is 3.25. The maximum Gasteiger partial charge on any atom is 0.166 e. The summed E-state index contributed by atoms with van der Waals surface area (Å²) in [7, 11) is 0. The summed E-state index contributed by atoms with van der Waals surface area (Å²) in [5.74, 6) is 0.634. The smallest absolute Gasteiger partial charge is 0.166 e. The zero-order valence-corrected chi connectivity index (χ0v) is 9.76. The molecule has 1 aromatic carbocycles. The van der Waals surface area contributed by atoms with E-state index in [-0.39, 0.29) is 5.78 Å². The van der Waals surface area contributed by atoms with Gasteiger partial charge in [0.25, 0.3) is 0 Å². The van der Waals surface area contributed by atoms with E-state index in [4.69, 9.17) is 0 Å². The molecule has 0 amide bonds. The molecule has 0 fully saturated rings. The second-order valence-corrected chi connectivity index (χ2v) is 4.69. The van der Waals surface area contributed by atoms with Crippen LogP contribution in [0.2, 0.25) is 0 Å². The number of nitrogens with zero attached hydrogens (tertiary/aromatic N) is 2. The van der Waals surface area contributed by atoms with Crippen LogP contribution in [0, 0.1) is 5.92 Å². The Bertz CT molecular complexity index is 557. The summed E-state index contributed by atoms with van der Waals surface area (Å²) in [4.78, 5) is 11.9. The van der Waals surface area contributed by atoms with E-state index in [1.165, 1.54) is 0 Å². The van der Waals surface area contributed by atoms with E-state index in [9.17, 15) is 4.79 Å². The molecule has 0 saturated heterocycles. The van der Waals surface area contributed by atoms with Gasteiger partial charge in [-0.05, 0) is 24.5 Å². The van der Waals surface area contributed by atoms with Crippen molar-refractivity contribution in [1.29, 1.82) is 0 Å². The van der Waals surface area contributed by atoms with Gasteiger partial charge in [0.15, 0.2) is 5.78 Å². The van der Waals surface area contributed by atoms with Gasteiger partial charge >= 0.3 is 0 Å².